The molecule has 0 unspecified atom stereocenters. The molecule has 1 N–H and O–H groups in total. The van der Waals surface area contributed by atoms with E-state index in [9.17, 15) is 9.90 Å². The fraction of sp³-hybridized carbons (Fsp3) is 0.0741. The third kappa shape index (κ3) is 3.88. The summed E-state index contributed by atoms with van der Waals surface area (Å²) >= 11 is 0. The molecule has 0 saturated carbocycles. The van der Waals surface area contributed by atoms with Crippen molar-refractivity contribution in [2.75, 3.05) is 4.90 Å². The monoisotopic (exact) mass is 393 g/mol. The van der Waals surface area contributed by atoms with Crippen LogP contribution in [0.2, 0.25) is 0 Å². The predicted molar refractivity (Wildman–Crippen MR) is 120 cm³/mol. The normalized spacial score (nSPS) is 11.1. The van der Waals surface area contributed by atoms with Crippen molar-refractivity contribution in [3.63, 3.8) is 0 Å². The van der Waals surface area contributed by atoms with Gasteiger partial charge in [0.25, 0.3) is 5.91 Å². The fourth-order valence-corrected chi connectivity index (χ4v) is 3.62. The van der Waals surface area contributed by atoms with Crippen molar-refractivity contribution in [1.82, 2.24) is 0 Å². The number of amides is 1. The second-order valence-electron chi connectivity index (χ2n) is 7.15. The zero-order valence-electron chi connectivity index (χ0n) is 16.6. The third-order valence-electron chi connectivity index (χ3n) is 5.19. The fourth-order valence-electron chi connectivity index (χ4n) is 3.62. The van der Waals surface area contributed by atoms with Crippen LogP contribution in [-0.2, 0) is 16.9 Å². The molecule has 0 saturated heterocycles. The zero-order valence-corrected chi connectivity index (χ0v) is 16.6. The lowest BCUT2D eigenvalue weighted by Crippen LogP contribution is -2.47. The Labute approximate surface area is 176 Å². The lowest BCUT2D eigenvalue weighted by atomic mass is 9.84. The van der Waals surface area contributed by atoms with E-state index in [1.807, 2.05) is 97.1 Å². The van der Waals surface area contributed by atoms with Gasteiger partial charge in [-0.3, -0.25) is 4.79 Å². The van der Waals surface area contributed by atoms with Crippen LogP contribution in [0.3, 0.4) is 0 Å². The topological polar surface area (TPSA) is 40.5 Å². The van der Waals surface area contributed by atoms with Crippen LogP contribution in [-0.4, -0.2) is 11.0 Å². The Balaban J connectivity index is 1.84. The van der Waals surface area contributed by atoms with Gasteiger partial charge in [0.2, 0.25) is 0 Å². The van der Waals surface area contributed by atoms with Crippen molar-refractivity contribution in [2.24, 2.45) is 0 Å². The van der Waals surface area contributed by atoms with E-state index < -0.39 is 11.5 Å². The van der Waals surface area contributed by atoms with Crippen molar-refractivity contribution in [3.05, 3.63) is 138 Å². The number of hydrogen-bond acceptors (Lipinski definition) is 2. The maximum atomic E-state index is 14.0. The number of para-hydroxylation sites is 1. The molecular weight excluding hydrogens is 370 g/mol. The smallest absolute Gasteiger partial charge is 0.268 e. The van der Waals surface area contributed by atoms with Crippen molar-refractivity contribution in [2.45, 2.75) is 12.1 Å². The van der Waals surface area contributed by atoms with Gasteiger partial charge in [-0.25, -0.2) is 0 Å². The van der Waals surface area contributed by atoms with E-state index in [2.05, 4.69) is 0 Å². The van der Waals surface area contributed by atoms with Crippen molar-refractivity contribution >= 4 is 11.6 Å². The molecule has 4 aromatic rings. The number of benzene rings is 4. The lowest BCUT2D eigenvalue weighted by molar-refractivity contribution is -0.134. The summed E-state index contributed by atoms with van der Waals surface area (Å²) in [6.07, 6.45) is 0. The van der Waals surface area contributed by atoms with Crippen LogP contribution in [0.1, 0.15) is 16.7 Å². The summed E-state index contributed by atoms with van der Waals surface area (Å²) in [5.74, 6) is -0.394. The first-order valence-electron chi connectivity index (χ1n) is 9.94. The first-order chi connectivity index (χ1) is 14.7. The molecule has 0 radical (unpaired) electrons. The Morgan fingerprint density at radius 1 is 0.633 bits per heavy atom. The number of aliphatic hydroxyl groups is 1. The van der Waals surface area contributed by atoms with Gasteiger partial charge in [-0.05, 0) is 28.8 Å². The maximum Gasteiger partial charge on any atom is 0.268 e. The van der Waals surface area contributed by atoms with Crippen LogP contribution in [0.4, 0.5) is 5.69 Å². The molecule has 0 fully saturated rings. The van der Waals surface area contributed by atoms with E-state index in [0.717, 1.165) is 11.3 Å². The van der Waals surface area contributed by atoms with Crippen molar-refractivity contribution in [3.8, 4) is 0 Å². The quantitative estimate of drug-likeness (QED) is 0.492. The Bertz CT molecular complexity index is 1040. The molecule has 4 rings (SSSR count). The van der Waals surface area contributed by atoms with Crippen LogP contribution in [0.5, 0.6) is 0 Å². The summed E-state index contributed by atoms with van der Waals surface area (Å²) in [5.41, 5.74) is 0.979. The molecule has 30 heavy (non-hydrogen) atoms. The van der Waals surface area contributed by atoms with Gasteiger partial charge in [0.1, 0.15) is 0 Å². The molecular formula is C27H23NO2. The highest BCUT2D eigenvalue weighted by molar-refractivity contribution is 6.02. The van der Waals surface area contributed by atoms with E-state index in [4.69, 9.17) is 0 Å². The number of hydrogen-bond donors (Lipinski definition) is 1. The minimum Gasteiger partial charge on any atom is -0.372 e. The molecule has 3 heteroatoms. The highest BCUT2D eigenvalue weighted by Crippen LogP contribution is 2.34. The van der Waals surface area contributed by atoms with Gasteiger partial charge in [-0.15, -0.1) is 0 Å². The van der Waals surface area contributed by atoms with E-state index in [-0.39, 0.29) is 0 Å². The first-order valence-corrected chi connectivity index (χ1v) is 9.94. The Morgan fingerprint density at radius 2 is 1.03 bits per heavy atom. The van der Waals surface area contributed by atoms with E-state index >= 15 is 0 Å². The van der Waals surface area contributed by atoms with Gasteiger partial charge in [0.15, 0.2) is 5.60 Å². The minimum absolute atomic E-state index is 0.353. The molecule has 0 aliphatic heterocycles. The molecule has 0 heterocycles. The molecule has 0 spiro atoms. The van der Waals surface area contributed by atoms with Gasteiger partial charge in [0, 0.05) is 5.69 Å². The van der Waals surface area contributed by atoms with E-state index in [0.29, 0.717) is 17.7 Å². The summed E-state index contributed by atoms with van der Waals surface area (Å²) in [6, 6.07) is 37.5. The molecule has 0 atom stereocenters. The van der Waals surface area contributed by atoms with Crippen LogP contribution in [0.25, 0.3) is 0 Å². The van der Waals surface area contributed by atoms with Gasteiger partial charge >= 0.3 is 0 Å². The Hall–Kier alpha value is -3.69. The number of carbonyl (C=O) groups excluding carboxylic acids is 1. The number of carbonyl (C=O) groups is 1. The summed E-state index contributed by atoms with van der Waals surface area (Å²) in [6.45, 7) is 0.353. The predicted octanol–water partition coefficient (Wildman–Crippen LogP) is 5.16. The number of rotatable bonds is 6. The Morgan fingerprint density at radius 3 is 1.50 bits per heavy atom. The highest BCUT2D eigenvalue weighted by atomic mass is 16.3. The molecule has 0 aromatic heterocycles. The number of anilines is 1. The molecule has 4 aromatic carbocycles. The summed E-state index contributed by atoms with van der Waals surface area (Å²) < 4.78 is 0. The molecule has 1 amide bonds. The van der Waals surface area contributed by atoms with Crippen LogP contribution >= 0.6 is 0 Å². The second-order valence-corrected chi connectivity index (χ2v) is 7.15. The zero-order chi connectivity index (χ0) is 20.8. The lowest BCUT2D eigenvalue weighted by Gasteiger charge is -2.34. The van der Waals surface area contributed by atoms with Crippen molar-refractivity contribution < 1.29 is 9.90 Å². The average molecular weight is 393 g/mol. The summed E-state index contributed by atoms with van der Waals surface area (Å²) in [4.78, 5) is 15.7. The molecule has 3 nitrogen and oxygen atoms in total. The van der Waals surface area contributed by atoms with Crippen molar-refractivity contribution in [1.29, 1.82) is 0 Å². The number of nitrogens with zero attached hydrogens (tertiary/aromatic N) is 1. The van der Waals surface area contributed by atoms with E-state index in [1.165, 1.54) is 0 Å². The molecule has 0 aliphatic rings. The van der Waals surface area contributed by atoms with Crippen LogP contribution in [0, 0.1) is 0 Å². The molecule has 148 valence electrons. The highest BCUT2D eigenvalue weighted by Gasteiger charge is 2.43. The van der Waals surface area contributed by atoms with Gasteiger partial charge in [-0.2, -0.15) is 0 Å². The first kappa shape index (κ1) is 19.6. The standard InChI is InChI=1S/C27H23NO2/c29-26(27(30,23-15-7-2-8-16-23)24-17-9-3-10-18-24)28(25-19-11-4-12-20-25)21-22-13-5-1-6-14-22/h1-20,30H,21H2. The van der Waals surface area contributed by atoms with Gasteiger partial charge in [-0.1, -0.05) is 109 Å². The summed E-state index contributed by atoms with van der Waals surface area (Å²) in [7, 11) is 0. The minimum atomic E-state index is -1.81. The van der Waals surface area contributed by atoms with Gasteiger partial charge < -0.3 is 10.0 Å². The molecule has 0 bridgehead atoms. The Kier molecular flexibility index (Phi) is 5.73. The van der Waals surface area contributed by atoms with Crippen LogP contribution in [0.15, 0.2) is 121 Å². The third-order valence-corrected chi connectivity index (χ3v) is 5.19. The maximum absolute atomic E-state index is 14.0. The SMILES string of the molecule is O=C(N(Cc1ccccc1)c1ccccc1)C(O)(c1ccccc1)c1ccccc1. The molecule has 0 aliphatic carbocycles. The van der Waals surface area contributed by atoms with E-state index in [1.54, 1.807) is 29.2 Å². The summed E-state index contributed by atoms with van der Waals surface area (Å²) in [5, 5.41) is 11.9. The average Bonchev–Trinajstić information content (AvgIpc) is 2.84. The largest absolute Gasteiger partial charge is 0.372 e. The van der Waals surface area contributed by atoms with Gasteiger partial charge in [0.05, 0.1) is 6.54 Å². The second kappa shape index (κ2) is 8.76. The van der Waals surface area contributed by atoms with Crippen LogP contribution < -0.4 is 4.90 Å².